The number of carbonyl (C=O) groups excluding carboxylic acids is 2. The van der Waals surface area contributed by atoms with Gasteiger partial charge in [-0.05, 0) is 32.0 Å². The standard InChI is InChI=1S/C16H15NO4/c1-9-4-5-14(18)13(6-9)15(19)11-7-12(16(20)21-3)10(2)17-8-11/h4-8,18H,1-3H3. The van der Waals surface area contributed by atoms with E-state index in [4.69, 9.17) is 0 Å². The van der Waals surface area contributed by atoms with E-state index in [1.54, 1.807) is 19.1 Å². The molecule has 2 aromatic rings. The molecule has 0 aliphatic heterocycles. The molecule has 0 saturated heterocycles. The van der Waals surface area contributed by atoms with Crippen LogP contribution in [0.4, 0.5) is 0 Å². The number of ketones is 1. The molecule has 108 valence electrons. The van der Waals surface area contributed by atoms with Gasteiger partial charge in [-0.3, -0.25) is 9.78 Å². The van der Waals surface area contributed by atoms with Gasteiger partial charge in [0.25, 0.3) is 0 Å². The molecule has 0 radical (unpaired) electrons. The Morgan fingerprint density at radius 3 is 2.52 bits per heavy atom. The summed E-state index contributed by atoms with van der Waals surface area (Å²) in [5, 5.41) is 9.81. The van der Waals surface area contributed by atoms with E-state index in [0.29, 0.717) is 5.69 Å². The molecule has 0 saturated carbocycles. The van der Waals surface area contributed by atoms with E-state index in [2.05, 4.69) is 9.72 Å². The lowest BCUT2D eigenvalue weighted by Crippen LogP contribution is -2.09. The second-order valence-corrected chi connectivity index (χ2v) is 4.70. The maximum Gasteiger partial charge on any atom is 0.339 e. The highest BCUT2D eigenvalue weighted by molar-refractivity contribution is 6.11. The number of pyridine rings is 1. The molecule has 0 unspecified atom stereocenters. The third-order valence-electron chi connectivity index (χ3n) is 3.15. The number of benzene rings is 1. The topological polar surface area (TPSA) is 76.5 Å². The van der Waals surface area contributed by atoms with Crippen LogP contribution in [0.1, 0.15) is 37.5 Å². The zero-order valence-corrected chi connectivity index (χ0v) is 12.0. The van der Waals surface area contributed by atoms with Gasteiger partial charge in [-0.25, -0.2) is 4.79 Å². The Hall–Kier alpha value is -2.69. The van der Waals surface area contributed by atoms with Gasteiger partial charge < -0.3 is 9.84 Å². The smallest absolute Gasteiger partial charge is 0.339 e. The summed E-state index contributed by atoms with van der Waals surface area (Å²) in [6.07, 6.45) is 1.38. The number of phenolic OH excluding ortho intramolecular Hbond substituents is 1. The van der Waals surface area contributed by atoms with Crippen LogP contribution in [0.2, 0.25) is 0 Å². The molecule has 0 spiro atoms. The van der Waals surface area contributed by atoms with Crippen LogP contribution < -0.4 is 0 Å². The van der Waals surface area contributed by atoms with Crippen LogP contribution in [0, 0.1) is 13.8 Å². The number of aromatic hydroxyl groups is 1. The van der Waals surface area contributed by atoms with Gasteiger partial charge in [-0.1, -0.05) is 11.6 Å². The van der Waals surface area contributed by atoms with Crippen molar-refractivity contribution in [3.05, 3.63) is 58.4 Å². The van der Waals surface area contributed by atoms with E-state index < -0.39 is 11.8 Å². The third-order valence-corrected chi connectivity index (χ3v) is 3.15. The number of aryl methyl sites for hydroxylation is 2. The summed E-state index contributed by atoms with van der Waals surface area (Å²) in [6.45, 7) is 3.48. The van der Waals surface area contributed by atoms with Crippen molar-refractivity contribution in [2.24, 2.45) is 0 Å². The number of nitrogens with zero attached hydrogens (tertiary/aromatic N) is 1. The predicted octanol–water partition coefficient (Wildman–Crippen LogP) is 2.42. The van der Waals surface area contributed by atoms with E-state index in [-0.39, 0.29) is 22.4 Å². The Morgan fingerprint density at radius 1 is 1.14 bits per heavy atom. The zero-order chi connectivity index (χ0) is 15.6. The van der Waals surface area contributed by atoms with Crippen LogP contribution in [0.15, 0.2) is 30.5 Å². The van der Waals surface area contributed by atoms with Gasteiger partial charge in [-0.2, -0.15) is 0 Å². The fourth-order valence-electron chi connectivity index (χ4n) is 1.96. The Bertz CT molecular complexity index is 722. The minimum atomic E-state index is -0.553. The van der Waals surface area contributed by atoms with Crippen molar-refractivity contribution < 1.29 is 19.4 Å². The van der Waals surface area contributed by atoms with E-state index in [1.807, 2.05) is 6.92 Å². The number of methoxy groups -OCH3 is 1. The van der Waals surface area contributed by atoms with Crippen LogP contribution in [0.25, 0.3) is 0 Å². The minimum absolute atomic E-state index is 0.106. The number of ether oxygens (including phenoxy) is 1. The van der Waals surface area contributed by atoms with Crippen LogP contribution in [-0.2, 0) is 4.74 Å². The monoisotopic (exact) mass is 285 g/mol. The molecular formula is C16H15NO4. The van der Waals surface area contributed by atoms with Gasteiger partial charge in [0.1, 0.15) is 5.75 Å². The zero-order valence-electron chi connectivity index (χ0n) is 12.0. The number of hydrogen-bond donors (Lipinski definition) is 1. The lowest BCUT2D eigenvalue weighted by atomic mass is 10.00. The Kier molecular flexibility index (Phi) is 4.03. The molecule has 0 aliphatic rings. The SMILES string of the molecule is COC(=O)c1cc(C(=O)c2cc(C)ccc2O)cnc1C. The molecule has 1 aromatic heterocycles. The highest BCUT2D eigenvalue weighted by atomic mass is 16.5. The number of rotatable bonds is 3. The molecule has 0 amide bonds. The van der Waals surface area contributed by atoms with Gasteiger partial charge in [0.15, 0.2) is 5.78 Å². The van der Waals surface area contributed by atoms with E-state index in [1.165, 1.54) is 25.4 Å². The van der Waals surface area contributed by atoms with Crippen molar-refractivity contribution in [1.82, 2.24) is 4.98 Å². The molecule has 1 heterocycles. The average molecular weight is 285 g/mol. The molecule has 1 N–H and O–H groups in total. The lowest BCUT2D eigenvalue weighted by molar-refractivity contribution is 0.0599. The molecule has 5 heteroatoms. The maximum atomic E-state index is 12.4. The fourth-order valence-corrected chi connectivity index (χ4v) is 1.96. The number of aromatic nitrogens is 1. The summed E-state index contributed by atoms with van der Waals surface area (Å²) in [5.74, 6) is -1.05. The number of carbonyl (C=O) groups is 2. The van der Waals surface area contributed by atoms with E-state index in [0.717, 1.165) is 5.56 Å². The second-order valence-electron chi connectivity index (χ2n) is 4.70. The fraction of sp³-hybridized carbons (Fsp3) is 0.188. The quantitative estimate of drug-likeness (QED) is 0.692. The molecule has 0 atom stereocenters. The second kappa shape index (κ2) is 5.75. The van der Waals surface area contributed by atoms with Gasteiger partial charge >= 0.3 is 5.97 Å². The Morgan fingerprint density at radius 2 is 1.86 bits per heavy atom. The highest BCUT2D eigenvalue weighted by Gasteiger charge is 2.18. The third kappa shape index (κ3) is 2.91. The predicted molar refractivity (Wildman–Crippen MR) is 76.6 cm³/mol. The number of phenols is 1. The van der Waals surface area contributed by atoms with Gasteiger partial charge in [-0.15, -0.1) is 0 Å². The summed E-state index contributed by atoms with van der Waals surface area (Å²) >= 11 is 0. The van der Waals surface area contributed by atoms with Crippen LogP contribution >= 0.6 is 0 Å². The molecule has 0 aliphatic carbocycles. The molecule has 0 fully saturated rings. The van der Waals surface area contributed by atoms with Crippen molar-refractivity contribution in [3.8, 4) is 5.75 Å². The molecule has 0 bridgehead atoms. The minimum Gasteiger partial charge on any atom is -0.507 e. The summed E-state index contributed by atoms with van der Waals surface area (Å²) in [6, 6.07) is 6.19. The maximum absolute atomic E-state index is 12.4. The van der Waals surface area contributed by atoms with Crippen molar-refractivity contribution in [2.45, 2.75) is 13.8 Å². The van der Waals surface area contributed by atoms with E-state index >= 15 is 0 Å². The Balaban J connectivity index is 2.49. The Labute approximate surface area is 122 Å². The van der Waals surface area contributed by atoms with Gasteiger partial charge in [0.2, 0.25) is 0 Å². The first kappa shape index (κ1) is 14.7. The van der Waals surface area contributed by atoms with Crippen molar-refractivity contribution in [2.75, 3.05) is 7.11 Å². The first-order chi connectivity index (χ1) is 9.93. The lowest BCUT2D eigenvalue weighted by Gasteiger charge is -2.08. The largest absolute Gasteiger partial charge is 0.507 e. The van der Waals surface area contributed by atoms with Gasteiger partial charge in [0.05, 0.1) is 23.9 Å². The molecule has 5 nitrogen and oxygen atoms in total. The summed E-state index contributed by atoms with van der Waals surface area (Å²) in [5.41, 5.74) is 1.96. The highest BCUT2D eigenvalue weighted by Crippen LogP contribution is 2.22. The van der Waals surface area contributed by atoms with Crippen molar-refractivity contribution in [3.63, 3.8) is 0 Å². The molecule has 1 aromatic carbocycles. The summed E-state index contributed by atoms with van der Waals surface area (Å²) in [7, 11) is 1.27. The normalized spacial score (nSPS) is 10.2. The van der Waals surface area contributed by atoms with E-state index in [9.17, 15) is 14.7 Å². The number of hydrogen-bond acceptors (Lipinski definition) is 5. The molecular weight excluding hydrogens is 270 g/mol. The number of esters is 1. The van der Waals surface area contributed by atoms with Crippen LogP contribution in [-0.4, -0.2) is 29.0 Å². The summed E-state index contributed by atoms with van der Waals surface area (Å²) in [4.78, 5) is 28.1. The first-order valence-corrected chi connectivity index (χ1v) is 6.33. The first-order valence-electron chi connectivity index (χ1n) is 6.33. The van der Waals surface area contributed by atoms with Crippen LogP contribution in [0.5, 0.6) is 5.75 Å². The molecule has 2 rings (SSSR count). The average Bonchev–Trinajstić information content (AvgIpc) is 2.48. The van der Waals surface area contributed by atoms with Crippen LogP contribution in [0.3, 0.4) is 0 Å². The van der Waals surface area contributed by atoms with Crippen molar-refractivity contribution >= 4 is 11.8 Å². The van der Waals surface area contributed by atoms with Gasteiger partial charge in [0, 0.05) is 11.8 Å². The summed E-state index contributed by atoms with van der Waals surface area (Å²) < 4.78 is 4.66. The molecule has 21 heavy (non-hydrogen) atoms. The van der Waals surface area contributed by atoms with Crippen molar-refractivity contribution in [1.29, 1.82) is 0 Å².